The van der Waals surface area contributed by atoms with Crippen LogP contribution in [0.15, 0.2) is 104 Å². The second-order valence-electron chi connectivity index (χ2n) is 8.49. The number of aliphatic carboxylic acids is 1. The Hall–Kier alpha value is -3.66. The van der Waals surface area contributed by atoms with Crippen LogP contribution in [-0.2, 0) is 10.3 Å². The van der Waals surface area contributed by atoms with Crippen molar-refractivity contribution in [3.8, 4) is 0 Å². The number of benzene rings is 3. The number of hydrogen-bond acceptors (Lipinski definition) is 2. The molecule has 2 unspecified atom stereocenters. The van der Waals surface area contributed by atoms with Crippen LogP contribution in [0.1, 0.15) is 41.6 Å². The van der Waals surface area contributed by atoms with Crippen LogP contribution in [-0.4, -0.2) is 20.6 Å². The molecule has 4 heteroatoms. The van der Waals surface area contributed by atoms with Gasteiger partial charge in [0, 0.05) is 12.1 Å². The van der Waals surface area contributed by atoms with Crippen LogP contribution in [0, 0.1) is 5.41 Å². The van der Waals surface area contributed by atoms with Crippen LogP contribution >= 0.6 is 0 Å². The maximum absolute atomic E-state index is 11.7. The van der Waals surface area contributed by atoms with E-state index in [1.165, 1.54) is 0 Å². The number of hydrogen-bond donors (Lipinski definition) is 1. The largest absolute Gasteiger partial charge is 0.481 e. The van der Waals surface area contributed by atoms with E-state index in [0.717, 1.165) is 22.4 Å². The van der Waals surface area contributed by atoms with E-state index in [1.54, 1.807) is 6.92 Å². The summed E-state index contributed by atoms with van der Waals surface area (Å²) in [5.41, 5.74) is 2.84. The van der Waals surface area contributed by atoms with Gasteiger partial charge in [-0.25, -0.2) is 4.98 Å². The third kappa shape index (κ3) is 2.98. The fourth-order valence-corrected chi connectivity index (χ4v) is 4.72. The van der Waals surface area contributed by atoms with E-state index in [9.17, 15) is 9.90 Å². The van der Waals surface area contributed by atoms with Crippen molar-refractivity contribution < 1.29 is 9.90 Å². The molecule has 0 amide bonds. The summed E-state index contributed by atoms with van der Waals surface area (Å²) in [4.78, 5) is 16.4. The fraction of sp³-hybridized carbons (Fsp3) is 0.185. The lowest BCUT2D eigenvalue weighted by Crippen LogP contribution is -2.36. The van der Waals surface area contributed by atoms with Crippen molar-refractivity contribution in [2.75, 3.05) is 0 Å². The van der Waals surface area contributed by atoms with E-state index in [-0.39, 0.29) is 5.92 Å². The highest BCUT2D eigenvalue weighted by Gasteiger charge is 2.58. The van der Waals surface area contributed by atoms with Crippen molar-refractivity contribution >= 4 is 5.97 Å². The van der Waals surface area contributed by atoms with Crippen LogP contribution in [0.25, 0.3) is 0 Å². The highest BCUT2D eigenvalue weighted by Crippen LogP contribution is 2.59. The molecule has 0 saturated heterocycles. The minimum atomic E-state index is -0.757. The van der Waals surface area contributed by atoms with E-state index in [0.29, 0.717) is 6.42 Å². The first-order valence-electron chi connectivity index (χ1n) is 10.5. The van der Waals surface area contributed by atoms with Gasteiger partial charge in [-0.15, -0.1) is 0 Å². The first-order valence-corrected chi connectivity index (χ1v) is 10.5. The molecule has 0 bridgehead atoms. The van der Waals surface area contributed by atoms with Crippen molar-refractivity contribution in [3.63, 3.8) is 0 Å². The van der Waals surface area contributed by atoms with Crippen LogP contribution in [0.2, 0.25) is 0 Å². The first kappa shape index (κ1) is 19.3. The molecule has 1 heterocycles. The van der Waals surface area contributed by atoms with E-state index < -0.39 is 16.9 Å². The minimum Gasteiger partial charge on any atom is -0.481 e. The molecule has 1 aliphatic carbocycles. The summed E-state index contributed by atoms with van der Waals surface area (Å²) in [6.07, 6.45) is 4.50. The van der Waals surface area contributed by atoms with Gasteiger partial charge in [0.15, 0.2) is 0 Å². The molecule has 0 aliphatic heterocycles. The predicted octanol–water partition coefficient (Wildman–Crippen LogP) is 5.30. The molecular formula is C27H24N2O2. The Morgan fingerprint density at radius 2 is 1.35 bits per heavy atom. The van der Waals surface area contributed by atoms with Crippen molar-refractivity contribution in [1.82, 2.24) is 9.55 Å². The van der Waals surface area contributed by atoms with Crippen molar-refractivity contribution in [2.45, 2.75) is 24.8 Å². The number of aromatic nitrogens is 2. The Morgan fingerprint density at radius 3 is 1.74 bits per heavy atom. The Bertz CT molecular complexity index is 1110. The predicted molar refractivity (Wildman–Crippen MR) is 120 cm³/mol. The van der Waals surface area contributed by atoms with Gasteiger partial charge in [-0.3, -0.25) is 4.79 Å². The smallest absolute Gasteiger partial charge is 0.310 e. The summed E-state index contributed by atoms with van der Waals surface area (Å²) in [6.45, 7) is 1.80. The molecule has 5 rings (SSSR count). The fourth-order valence-electron chi connectivity index (χ4n) is 4.72. The SMILES string of the molecule is CC1(C(=O)O)CC1c1cn(C(c2ccccc2)(c2ccccc2)c2ccccc2)cn1. The minimum absolute atomic E-state index is 0.0636. The zero-order valence-electron chi connectivity index (χ0n) is 17.3. The third-order valence-electron chi connectivity index (χ3n) is 6.65. The van der Waals surface area contributed by atoms with E-state index >= 15 is 0 Å². The molecule has 4 aromatic rings. The summed E-state index contributed by atoms with van der Waals surface area (Å²) in [5.74, 6) is -0.821. The molecule has 1 aliphatic rings. The number of carboxylic acid groups (broad SMARTS) is 1. The van der Waals surface area contributed by atoms with Gasteiger partial charge in [-0.2, -0.15) is 0 Å². The summed E-state index contributed by atoms with van der Waals surface area (Å²) in [5, 5.41) is 9.61. The normalized spacial score (nSPS) is 20.4. The Labute approximate surface area is 181 Å². The van der Waals surface area contributed by atoms with Gasteiger partial charge in [0.2, 0.25) is 0 Å². The standard InChI is InChI=1S/C27H24N2O2/c1-26(25(30)31)17-23(26)24-18-29(19-28-24)27(20-11-5-2-6-12-20,21-13-7-3-8-14-21)22-15-9-4-10-16-22/h2-16,18-19,23H,17H2,1H3,(H,30,31). The van der Waals surface area contributed by atoms with Crippen LogP contribution in [0.4, 0.5) is 0 Å². The molecule has 1 saturated carbocycles. The molecular weight excluding hydrogens is 384 g/mol. The number of carboxylic acids is 1. The summed E-state index contributed by atoms with van der Waals surface area (Å²) >= 11 is 0. The molecule has 3 aromatic carbocycles. The first-order chi connectivity index (χ1) is 15.1. The lowest BCUT2D eigenvalue weighted by atomic mass is 9.77. The zero-order valence-corrected chi connectivity index (χ0v) is 17.3. The number of rotatable bonds is 6. The molecule has 0 radical (unpaired) electrons. The van der Waals surface area contributed by atoms with Gasteiger partial charge >= 0.3 is 5.97 Å². The highest BCUT2D eigenvalue weighted by atomic mass is 16.4. The molecule has 1 aromatic heterocycles. The van der Waals surface area contributed by atoms with Crippen LogP contribution in [0.3, 0.4) is 0 Å². The lowest BCUT2D eigenvalue weighted by Gasteiger charge is -2.37. The topological polar surface area (TPSA) is 55.1 Å². The Kier molecular flexibility index (Phi) is 4.51. The maximum Gasteiger partial charge on any atom is 0.310 e. The Morgan fingerprint density at radius 1 is 0.903 bits per heavy atom. The van der Waals surface area contributed by atoms with Gasteiger partial charge in [0.05, 0.1) is 17.4 Å². The summed E-state index contributed by atoms with van der Waals surface area (Å²) in [6, 6.07) is 31.2. The van der Waals surface area contributed by atoms with E-state index in [4.69, 9.17) is 4.98 Å². The maximum atomic E-state index is 11.7. The van der Waals surface area contributed by atoms with Gasteiger partial charge in [0.1, 0.15) is 5.54 Å². The van der Waals surface area contributed by atoms with Crippen molar-refractivity contribution in [1.29, 1.82) is 0 Å². The summed E-state index contributed by atoms with van der Waals surface area (Å²) in [7, 11) is 0. The number of nitrogens with zero attached hydrogens (tertiary/aromatic N) is 2. The van der Waals surface area contributed by atoms with E-state index in [1.807, 2.05) is 30.7 Å². The molecule has 0 spiro atoms. The Balaban J connectivity index is 1.75. The quantitative estimate of drug-likeness (QED) is 0.440. The molecule has 31 heavy (non-hydrogen) atoms. The molecule has 1 fully saturated rings. The van der Waals surface area contributed by atoms with E-state index in [2.05, 4.69) is 77.4 Å². The van der Waals surface area contributed by atoms with Crippen LogP contribution < -0.4 is 0 Å². The van der Waals surface area contributed by atoms with Gasteiger partial charge in [-0.05, 0) is 30.0 Å². The highest BCUT2D eigenvalue weighted by molar-refractivity contribution is 5.79. The average Bonchev–Trinajstić information content (AvgIpc) is 3.29. The molecule has 4 nitrogen and oxygen atoms in total. The van der Waals surface area contributed by atoms with Gasteiger partial charge < -0.3 is 9.67 Å². The summed E-state index contributed by atoms with van der Waals surface area (Å²) < 4.78 is 2.14. The molecule has 154 valence electrons. The second-order valence-corrected chi connectivity index (χ2v) is 8.49. The molecule has 2 atom stereocenters. The van der Waals surface area contributed by atoms with Crippen molar-refractivity contribution in [2.24, 2.45) is 5.41 Å². The lowest BCUT2D eigenvalue weighted by molar-refractivity contribution is -0.142. The zero-order chi connectivity index (χ0) is 21.5. The average molecular weight is 409 g/mol. The van der Waals surface area contributed by atoms with Crippen molar-refractivity contribution in [3.05, 3.63) is 126 Å². The number of carbonyl (C=O) groups is 1. The monoisotopic (exact) mass is 408 g/mol. The third-order valence-corrected chi connectivity index (χ3v) is 6.65. The van der Waals surface area contributed by atoms with Crippen LogP contribution in [0.5, 0.6) is 0 Å². The second kappa shape index (κ2) is 7.24. The molecule has 1 N–H and O–H groups in total. The number of imidazole rings is 1. The van der Waals surface area contributed by atoms with Gasteiger partial charge in [-0.1, -0.05) is 91.0 Å². The van der Waals surface area contributed by atoms with Gasteiger partial charge in [0.25, 0.3) is 0 Å².